The number of amides is 1. The lowest BCUT2D eigenvalue weighted by Gasteiger charge is -2.05. The van der Waals surface area contributed by atoms with E-state index in [4.69, 9.17) is 5.73 Å². The molecule has 0 atom stereocenters. The number of carbonyl (C=O) groups excluding carboxylic acids is 1. The highest BCUT2D eigenvalue weighted by atomic mass is 16.2. The fourth-order valence-electron chi connectivity index (χ4n) is 1.63. The molecule has 6 heteroatoms. The zero-order valence-corrected chi connectivity index (χ0v) is 10.8. The van der Waals surface area contributed by atoms with E-state index in [-0.39, 0.29) is 11.9 Å². The molecule has 0 spiro atoms. The second-order valence-electron chi connectivity index (χ2n) is 4.18. The molecular weight excluding hydrogens is 242 g/mol. The molecule has 3 N–H and O–H groups in total. The van der Waals surface area contributed by atoms with E-state index in [2.05, 4.69) is 20.3 Å². The highest BCUT2D eigenvalue weighted by molar-refractivity contribution is 6.01. The largest absolute Gasteiger partial charge is 0.326 e. The maximum absolute atomic E-state index is 12.0. The molecule has 0 aromatic carbocycles. The van der Waals surface area contributed by atoms with Gasteiger partial charge in [-0.05, 0) is 31.5 Å². The fraction of sp³-hybridized carbons (Fsp3) is 0.231. The molecule has 0 unspecified atom stereocenters. The van der Waals surface area contributed by atoms with Crippen LogP contribution in [0.2, 0.25) is 0 Å². The second kappa shape index (κ2) is 5.53. The summed E-state index contributed by atoms with van der Waals surface area (Å²) in [6.45, 7) is 4.09. The first-order valence-electron chi connectivity index (χ1n) is 5.87. The maximum atomic E-state index is 12.0. The second-order valence-corrected chi connectivity index (χ2v) is 4.18. The molecule has 0 aliphatic carbocycles. The van der Waals surface area contributed by atoms with Gasteiger partial charge in [0.25, 0.3) is 5.91 Å². The minimum Gasteiger partial charge on any atom is -0.326 e. The number of nitrogens with two attached hydrogens (primary N) is 1. The van der Waals surface area contributed by atoms with Crippen molar-refractivity contribution in [2.24, 2.45) is 5.73 Å². The lowest BCUT2D eigenvalue weighted by atomic mass is 10.2. The summed E-state index contributed by atoms with van der Waals surface area (Å²) < 4.78 is 0. The number of rotatable bonds is 3. The number of carbonyl (C=O) groups is 1. The number of nitrogens with one attached hydrogen (secondary N) is 1. The summed E-state index contributed by atoms with van der Waals surface area (Å²) in [5, 5.41) is 2.62. The highest BCUT2D eigenvalue weighted by Gasteiger charge is 2.09. The standard InChI is InChI=1S/C13H15N5O/c1-8-5-9(2)17-13(16-8)18-12(19)11-4-3-10(6-14)7-15-11/h3-5,7H,6,14H2,1-2H3,(H,16,17,18,19). The van der Waals surface area contributed by atoms with Crippen molar-refractivity contribution in [2.45, 2.75) is 20.4 Å². The Morgan fingerprint density at radius 1 is 1.26 bits per heavy atom. The minimum atomic E-state index is -0.339. The van der Waals surface area contributed by atoms with Crippen molar-refractivity contribution < 1.29 is 4.79 Å². The Bertz CT molecular complexity index is 574. The Balaban J connectivity index is 2.15. The quantitative estimate of drug-likeness (QED) is 0.861. The number of anilines is 1. The van der Waals surface area contributed by atoms with E-state index in [1.54, 1.807) is 18.3 Å². The summed E-state index contributed by atoms with van der Waals surface area (Å²) in [4.78, 5) is 24.3. The number of nitrogens with zero attached hydrogens (tertiary/aromatic N) is 3. The zero-order valence-electron chi connectivity index (χ0n) is 10.8. The van der Waals surface area contributed by atoms with Crippen molar-refractivity contribution in [3.8, 4) is 0 Å². The molecule has 6 nitrogen and oxygen atoms in total. The van der Waals surface area contributed by atoms with Crippen molar-refractivity contribution >= 4 is 11.9 Å². The van der Waals surface area contributed by atoms with Crippen LogP contribution in [-0.4, -0.2) is 20.9 Å². The molecule has 0 bridgehead atoms. The van der Waals surface area contributed by atoms with Crippen molar-refractivity contribution in [2.75, 3.05) is 5.32 Å². The van der Waals surface area contributed by atoms with Crippen LogP contribution in [0.5, 0.6) is 0 Å². The van der Waals surface area contributed by atoms with Gasteiger partial charge in [0, 0.05) is 24.1 Å². The molecule has 0 radical (unpaired) electrons. The summed E-state index contributed by atoms with van der Waals surface area (Å²) >= 11 is 0. The van der Waals surface area contributed by atoms with Crippen LogP contribution < -0.4 is 11.1 Å². The normalized spacial score (nSPS) is 10.3. The first kappa shape index (κ1) is 13.1. The molecule has 98 valence electrons. The molecule has 0 fully saturated rings. The Hall–Kier alpha value is -2.34. The van der Waals surface area contributed by atoms with E-state index >= 15 is 0 Å². The molecule has 0 saturated carbocycles. The molecule has 0 saturated heterocycles. The van der Waals surface area contributed by atoms with Crippen molar-refractivity contribution in [3.63, 3.8) is 0 Å². The average molecular weight is 257 g/mol. The van der Waals surface area contributed by atoms with Gasteiger partial charge in [-0.25, -0.2) is 9.97 Å². The zero-order chi connectivity index (χ0) is 13.8. The van der Waals surface area contributed by atoms with E-state index in [9.17, 15) is 4.79 Å². The number of hydrogen-bond donors (Lipinski definition) is 2. The lowest BCUT2D eigenvalue weighted by molar-refractivity contribution is 0.102. The molecule has 0 aliphatic heterocycles. The first-order valence-corrected chi connectivity index (χ1v) is 5.87. The predicted molar refractivity (Wildman–Crippen MR) is 71.6 cm³/mol. The van der Waals surface area contributed by atoms with Crippen LogP contribution in [0.4, 0.5) is 5.95 Å². The molecule has 2 aromatic heterocycles. The van der Waals surface area contributed by atoms with Gasteiger partial charge in [0.1, 0.15) is 5.69 Å². The lowest BCUT2D eigenvalue weighted by Crippen LogP contribution is -2.16. The van der Waals surface area contributed by atoms with Crippen LogP contribution in [0.25, 0.3) is 0 Å². The van der Waals surface area contributed by atoms with Gasteiger partial charge in [0.05, 0.1) is 0 Å². The number of aromatic nitrogens is 3. The predicted octanol–water partition coefficient (Wildman–Crippen LogP) is 1.20. The minimum absolute atomic E-state index is 0.284. The van der Waals surface area contributed by atoms with Gasteiger partial charge < -0.3 is 5.73 Å². The fourth-order valence-corrected chi connectivity index (χ4v) is 1.63. The van der Waals surface area contributed by atoms with Crippen LogP contribution in [0, 0.1) is 13.8 Å². The van der Waals surface area contributed by atoms with Gasteiger partial charge >= 0.3 is 0 Å². The van der Waals surface area contributed by atoms with Gasteiger partial charge in [-0.15, -0.1) is 0 Å². The highest BCUT2D eigenvalue weighted by Crippen LogP contribution is 2.06. The van der Waals surface area contributed by atoms with Crippen molar-refractivity contribution in [3.05, 3.63) is 47.0 Å². The molecule has 19 heavy (non-hydrogen) atoms. The van der Waals surface area contributed by atoms with Gasteiger partial charge in [-0.2, -0.15) is 0 Å². The van der Waals surface area contributed by atoms with Gasteiger partial charge in [0.2, 0.25) is 5.95 Å². The van der Waals surface area contributed by atoms with Crippen LogP contribution in [0.1, 0.15) is 27.4 Å². The third-order valence-corrected chi connectivity index (χ3v) is 2.50. The molecule has 0 aliphatic rings. The van der Waals surface area contributed by atoms with E-state index < -0.39 is 0 Å². The topological polar surface area (TPSA) is 93.8 Å². The van der Waals surface area contributed by atoms with E-state index in [0.717, 1.165) is 17.0 Å². The van der Waals surface area contributed by atoms with Gasteiger partial charge in [-0.3, -0.25) is 15.1 Å². The Morgan fingerprint density at radius 3 is 2.47 bits per heavy atom. The summed E-state index contributed by atoms with van der Waals surface area (Å²) in [7, 11) is 0. The monoisotopic (exact) mass is 257 g/mol. The van der Waals surface area contributed by atoms with E-state index in [0.29, 0.717) is 12.2 Å². The van der Waals surface area contributed by atoms with Gasteiger partial charge in [-0.1, -0.05) is 6.07 Å². The molecule has 1 amide bonds. The Morgan fingerprint density at radius 2 is 1.95 bits per heavy atom. The summed E-state index contributed by atoms with van der Waals surface area (Å²) in [6.07, 6.45) is 1.58. The Kier molecular flexibility index (Phi) is 3.82. The molecular formula is C13H15N5O. The van der Waals surface area contributed by atoms with E-state index in [1.807, 2.05) is 19.9 Å². The summed E-state index contributed by atoms with van der Waals surface area (Å²) in [5.41, 5.74) is 8.25. The van der Waals surface area contributed by atoms with Gasteiger partial charge in [0.15, 0.2) is 0 Å². The van der Waals surface area contributed by atoms with Crippen LogP contribution in [0.15, 0.2) is 24.4 Å². The van der Waals surface area contributed by atoms with Crippen LogP contribution >= 0.6 is 0 Å². The van der Waals surface area contributed by atoms with Crippen LogP contribution in [-0.2, 0) is 6.54 Å². The Labute approximate surface area is 111 Å². The molecule has 2 aromatic rings. The third-order valence-electron chi connectivity index (χ3n) is 2.50. The number of pyridine rings is 1. The van der Waals surface area contributed by atoms with Crippen LogP contribution in [0.3, 0.4) is 0 Å². The van der Waals surface area contributed by atoms with E-state index in [1.165, 1.54) is 0 Å². The average Bonchev–Trinajstić information content (AvgIpc) is 2.37. The third kappa shape index (κ3) is 3.32. The number of hydrogen-bond acceptors (Lipinski definition) is 5. The molecule has 2 heterocycles. The SMILES string of the molecule is Cc1cc(C)nc(NC(=O)c2ccc(CN)cn2)n1. The number of aryl methyl sites for hydroxylation is 2. The molecule has 2 rings (SSSR count). The summed E-state index contributed by atoms with van der Waals surface area (Å²) in [5.74, 6) is -0.0548. The smallest absolute Gasteiger partial charge is 0.276 e. The summed E-state index contributed by atoms with van der Waals surface area (Å²) in [6, 6.07) is 5.23. The van der Waals surface area contributed by atoms with Crippen molar-refractivity contribution in [1.29, 1.82) is 0 Å². The first-order chi connectivity index (χ1) is 9.08. The van der Waals surface area contributed by atoms with Crippen molar-refractivity contribution in [1.82, 2.24) is 15.0 Å². The maximum Gasteiger partial charge on any atom is 0.276 e.